The molecule has 2 aromatic carbocycles. The summed E-state index contributed by atoms with van der Waals surface area (Å²) in [7, 11) is 0. The highest BCUT2D eigenvalue weighted by molar-refractivity contribution is 5.93. The van der Waals surface area contributed by atoms with Crippen LogP contribution in [-0.4, -0.2) is 31.2 Å². The normalized spacial score (nSPS) is 11.6. The van der Waals surface area contributed by atoms with Crippen LogP contribution in [0.5, 0.6) is 11.5 Å². The molecule has 0 aliphatic carbocycles. The molecule has 0 saturated carbocycles. The van der Waals surface area contributed by atoms with Crippen LogP contribution in [0, 0.1) is 0 Å². The highest BCUT2D eigenvalue weighted by Gasteiger charge is 2.21. The molecule has 1 N–H and O–H groups in total. The maximum Gasteiger partial charge on any atom is 0.387 e. The van der Waals surface area contributed by atoms with Crippen molar-refractivity contribution in [2.75, 3.05) is 11.9 Å². The first kappa shape index (κ1) is 20.2. The van der Waals surface area contributed by atoms with Crippen molar-refractivity contribution < 1.29 is 32.6 Å². The predicted octanol–water partition coefficient (Wildman–Crippen LogP) is 3.63. The van der Waals surface area contributed by atoms with Gasteiger partial charge in [-0.2, -0.15) is 8.78 Å². The van der Waals surface area contributed by atoms with Gasteiger partial charge in [-0.05, 0) is 42.8 Å². The van der Waals surface area contributed by atoms with Crippen molar-refractivity contribution in [1.29, 1.82) is 0 Å². The monoisotopic (exact) mass is 379 g/mol. The van der Waals surface area contributed by atoms with Gasteiger partial charge in [-0.1, -0.05) is 25.1 Å². The fourth-order valence-electron chi connectivity index (χ4n) is 2.11. The summed E-state index contributed by atoms with van der Waals surface area (Å²) in [6.07, 6.45) is -0.452. The van der Waals surface area contributed by atoms with Crippen molar-refractivity contribution >= 4 is 17.6 Å². The Labute approximate surface area is 155 Å². The first-order chi connectivity index (χ1) is 13.0. The number of amides is 1. The summed E-state index contributed by atoms with van der Waals surface area (Å²) in [5.41, 5.74) is 0.352. The van der Waals surface area contributed by atoms with E-state index < -0.39 is 31.2 Å². The third kappa shape index (κ3) is 6.93. The van der Waals surface area contributed by atoms with E-state index in [1.807, 2.05) is 6.07 Å². The molecule has 0 aromatic heterocycles. The van der Waals surface area contributed by atoms with Gasteiger partial charge in [0.15, 0.2) is 12.7 Å². The Morgan fingerprint density at radius 2 is 1.59 bits per heavy atom. The Balaban J connectivity index is 1.80. The molecule has 0 fully saturated rings. The van der Waals surface area contributed by atoms with Gasteiger partial charge in [-0.3, -0.25) is 4.79 Å². The van der Waals surface area contributed by atoms with E-state index in [0.29, 0.717) is 17.9 Å². The number of para-hydroxylation sites is 1. The van der Waals surface area contributed by atoms with Crippen molar-refractivity contribution in [1.82, 2.24) is 0 Å². The Hall–Kier alpha value is -3.16. The number of anilines is 1. The van der Waals surface area contributed by atoms with Crippen molar-refractivity contribution in [3.63, 3.8) is 0 Å². The van der Waals surface area contributed by atoms with Crippen LogP contribution < -0.4 is 14.8 Å². The van der Waals surface area contributed by atoms with Gasteiger partial charge in [0, 0.05) is 5.69 Å². The second-order valence-electron chi connectivity index (χ2n) is 5.39. The van der Waals surface area contributed by atoms with Gasteiger partial charge in [0.25, 0.3) is 5.91 Å². The van der Waals surface area contributed by atoms with Crippen LogP contribution in [0.3, 0.4) is 0 Å². The van der Waals surface area contributed by atoms with Crippen molar-refractivity contribution in [3.8, 4) is 11.5 Å². The first-order valence-electron chi connectivity index (χ1n) is 8.21. The third-order valence-corrected chi connectivity index (χ3v) is 3.36. The lowest BCUT2D eigenvalue weighted by Crippen LogP contribution is -2.31. The zero-order chi connectivity index (χ0) is 19.6. The summed E-state index contributed by atoms with van der Waals surface area (Å²) in [5, 5.41) is 2.48. The minimum Gasteiger partial charge on any atom is -0.479 e. The molecule has 0 aliphatic rings. The molecule has 0 unspecified atom stereocenters. The lowest BCUT2D eigenvalue weighted by Gasteiger charge is -2.16. The topological polar surface area (TPSA) is 73.9 Å². The fraction of sp³-hybridized carbons (Fsp3) is 0.263. The second kappa shape index (κ2) is 10.1. The maximum absolute atomic E-state index is 12.1. The highest BCUT2D eigenvalue weighted by Crippen LogP contribution is 2.18. The first-order valence-corrected chi connectivity index (χ1v) is 8.21. The summed E-state index contributed by atoms with van der Waals surface area (Å²) in [5.74, 6) is -0.729. The number of alkyl halides is 2. The Morgan fingerprint density at radius 3 is 2.19 bits per heavy atom. The summed E-state index contributed by atoms with van der Waals surface area (Å²) >= 11 is 0. The fourth-order valence-corrected chi connectivity index (χ4v) is 2.11. The van der Waals surface area contributed by atoms with Gasteiger partial charge in [0.2, 0.25) is 0 Å². The van der Waals surface area contributed by atoms with Crippen LogP contribution in [0.15, 0.2) is 54.6 Å². The zero-order valence-corrected chi connectivity index (χ0v) is 14.6. The van der Waals surface area contributed by atoms with Crippen LogP contribution >= 0.6 is 0 Å². The molecule has 2 rings (SSSR count). The second-order valence-corrected chi connectivity index (χ2v) is 5.39. The molecule has 0 spiro atoms. The molecule has 6 nitrogen and oxygen atoms in total. The van der Waals surface area contributed by atoms with Crippen LogP contribution in [0.25, 0.3) is 0 Å². The molecular formula is C19H19F2NO5. The van der Waals surface area contributed by atoms with E-state index in [1.165, 1.54) is 24.3 Å². The molecule has 144 valence electrons. The smallest absolute Gasteiger partial charge is 0.387 e. The minimum atomic E-state index is -2.92. The molecule has 0 heterocycles. The molecule has 8 heteroatoms. The number of rotatable bonds is 9. The highest BCUT2D eigenvalue weighted by atomic mass is 19.3. The van der Waals surface area contributed by atoms with Gasteiger partial charge in [0.1, 0.15) is 11.5 Å². The van der Waals surface area contributed by atoms with E-state index in [9.17, 15) is 18.4 Å². The van der Waals surface area contributed by atoms with E-state index in [0.717, 1.165) is 0 Å². The summed E-state index contributed by atoms with van der Waals surface area (Å²) in [4.78, 5) is 23.9. The molecule has 0 radical (unpaired) electrons. The van der Waals surface area contributed by atoms with E-state index >= 15 is 0 Å². The zero-order valence-electron chi connectivity index (χ0n) is 14.6. The number of nitrogens with one attached hydrogen (secondary N) is 1. The van der Waals surface area contributed by atoms with E-state index in [-0.39, 0.29) is 5.75 Å². The van der Waals surface area contributed by atoms with Gasteiger partial charge >= 0.3 is 12.6 Å². The summed E-state index contributed by atoms with van der Waals surface area (Å²) in [6, 6.07) is 14.2. The number of hydrogen-bond acceptors (Lipinski definition) is 5. The van der Waals surface area contributed by atoms with Crippen molar-refractivity contribution in [3.05, 3.63) is 54.6 Å². The van der Waals surface area contributed by atoms with E-state index in [4.69, 9.17) is 9.47 Å². The number of hydrogen-bond donors (Lipinski definition) is 1. The van der Waals surface area contributed by atoms with Gasteiger partial charge in [-0.15, -0.1) is 0 Å². The average molecular weight is 379 g/mol. The number of ether oxygens (including phenoxy) is 3. The van der Waals surface area contributed by atoms with Crippen LogP contribution in [0.4, 0.5) is 14.5 Å². The molecule has 1 amide bonds. The average Bonchev–Trinajstić information content (AvgIpc) is 2.66. The Morgan fingerprint density at radius 1 is 0.963 bits per heavy atom. The van der Waals surface area contributed by atoms with E-state index in [1.54, 1.807) is 31.2 Å². The number of halogens is 2. The lowest BCUT2D eigenvalue weighted by atomic mass is 10.2. The van der Waals surface area contributed by atoms with Gasteiger partial charge in [-0.25, -0.2) is 4.79 Å². The minimum absolute atomic E-state index is 0.0294. The van der Waals surface area contributed by atoms with Gasteiger partial charge < -0.3 is 19.5 Å². The van der Waals surface area contributed by atoms with Crippen LogP contribution in [0.2, 0.25) is 0 Å². The summed E-state index contributed by atoms with van der Waals surface area (Å²) < 4.78 is 38.9. The molecule has 0 aliphatic heterocycles. The van der Waals surface area contributed by atoms with Crippen LogP contribution in [0.1, 0.15) is 13.3 Å². The molecule has 1 atom stereocenters. The molecule has 27 heavy (non-hydrogen) atoms. The van der Waals surface area contributed by atoms with Crippen molar-refractivity contribution in [2.24, 2.45) is 0 Å². The van der Waals surface area contributed by atoms with Crippen molar-refractivity contribution in [2.45, 2.75) is 26.1 Å². The number of esters is 1. The Bertz CT molecular complexity index is 738. The molecular weight excluding hydrogens is 360 g/mol. The number of carbonyl (C=O) groups excluding carboxylic acids is 2. The number of carbonyl (C=O) groups is 2. The summed E-state index contributed by atoms with van der Waals surface area (Å²) in [6.45, 7) is -1.66. The maximum atomic E-state index is 12.1. The standard InChI is InChI=1S/C19H19F2NO5/c1-2-16(26-14-6-4-3-5-7-14)18(24)25-12-17(23)22-13-8-10-15(11-9-13)27-19(20)21/h3-11,16,19H,2,12H2,1H3,(H,22,23)/t16-/m1/s1. The lowest BCUT2D eigenvalue weighted by molar-refractivity contribution is -0.154. The van der Waals surface area contributed by atoms with E-state index in [2.05, 4.69) is 10.1 Å². The SMILES string of the molecule is CC[C@@H](Oc1ccccc1)C(=O)OCC(=O)Nc1ccc(OC(F)F)cc1. The quantitative estimate of drug-likeness (QED) is 0.674. The molecule has 2 aromatic rings. The largest absolute Gasteiger partial charge is 0.479 e. The number of benzene rings is 2. The Kier molecular flexibility index (Phi) is 7.54. The molecule has 0 bridgehead atoms. The van der Waals surface area contributed by atoms with Gasteiger partial charge in [0.05, 0.1) is 0 Å². The molecule has 0 saturated heterocycles. The van der Waals surface area contributed by atoms with Crippen LogP contribution in [-0.2, 0) is 14.3 Å². The predicted molar refractivity (Wildman–Crippen MR) is 93.8 cm³/mol. The third-order valence-electron chi connectivity index (χ3n) is 3.36.